The van der Waals surface area contributed by atoms with Crippen LogP contribution in [0.2, 0.25) is 0 Å². The number of nitrogens with one attached hydrogen (secondary N) is 1. The van der Waals surface area contributed by atoms with E-state index in [-0.39, 0.29) is 0 Å². The van der Waals surface area contributed by atoms with Crippen LogP contribution in [0, 0.1) is 6.92 Å². The largest absolute Gasteiger partial charge is 0.370 e. The van der Waals surface area contributed by atoms with Crippen molar-refractivity contribution in [3.05, 3.63) is 41.9 Å². The quantitative estimate of drug-likeness (QED) is 0.910. The lowest BCUT2D eigenvalue weighted by Crippen LogP contribution is -2.46. The second-order valence-corrected chi connectivity index (χ2v) is 5.81. The van der Waals surface area contributed by atoms with Gasteiger partial charge in [-0.2, -0.15) is 4.98 Å². The van der Waals surface area contributed by atoms with Gasteiger partial charge >= 0.3 is 0 Å². The van der Waals surface area contributed by atoms with Gasteiger partial charge in [0.05, 0.1) is 5.69 Å². The predicted octanol–water partition coefficient (Wildman–Crippen LogP) is 1.93. The Labute approximate surface area is 137 Å². The molecule has 0 radical (unpaired) electrons. The van der Waals surface area contributed by atoms with Gasteiger partial charge in [-0.3, -0.25) is 9.88 Å². The monoisotopic (exact) mass is 312 g/mol. The van der Waals surface area contributed by atoms with Gasteiger partial charge in [-0.05, 0) is 26.0 Å². The summed E-state index contributed by atoms with van der Waals surface area (Å²) in [6.07, 6.45) is 1.86. The zero-order chi connectivity index (χ0) is 16.1. The van der Waals surface area contributed by atoms with Crippen LogP contribution in [0.1, 0.15) is 18.3 Å². The highest BCUT2D eigenvalue weighted by molar-refractivity contribution is 5.43. The van der Waals surface area contributed by atoms with Crippen molar-refractivity contribution in [2.45, 2.75) is 20.4 Å². The minimum absolute atomic E-state index is 0.832. The van der Waals surface area contributed by atoms with Crippen LogP contribution in [0.25, 0.3) is 0 Å². The molecule has 122 valence electrons. The van der Waals surface area contributed by atoms with E-state index in [0.29, 0.717) is 0 Å². The number of hydrogen-bond donors (Lipinski definition) is 1. The number of hydrogen-bond acceptors (Lipinski definition) is 6. The Bertz CT molecular complexity index is 622. The molecule has 6 heteroatoms. The normalized spacial score (nSPS) is 15.7. The molecule has 0 amide bonds. The van der Waals surface area contributed by atoms with Gasteiger partial charge in [0.25, 0.3) is 0 Å². The van der Waals surface area contributed by atoms with E-state index < -0.39 is 0 Å². The Morgan fingerprint density at radius 2 is 1.96 bits per heavy atom. The summed E-state index contributed by atoms with van der Waals surface area (Å²) in [5, 5.41) is 3.27. The first kappa shape index (κ1) is 15.7. The second-order valence-electron chi connectivity index (χ2n) is 5.81. The van der Waals surface area contributed by atoms with Crippen molar-refractivity contribution in [3.8, 4) is 0 Å². The summed E-state index contributed by atoms with van der Waals surface area (Å²) < 4.78 is 0. The minimum Gasteiger partial charge on any atom is -0.370 e. The fourth-order valence-corrected chi connectivity index (χ4v) is 2.79. The summed E-state index contributed by atoms with van der Waals surface area (Å²) in [6, 6.07) is 8.07. The molecular formula is C17H24N6. The lowest BCUT2D eigenvalue weighted by Gasteiger charge is -2.34. The van der Waals surface area contributed by atoms with E-state index in [9.17, 15) is 0 Å². The van der Waals surface area contributed by atoms with Gasteiger partial charge in [-0.25, -0.2) is 4.98 Å². The number of piperazine rings is 1. The van der Waals surface area contributed by atoms with Crippen molar-refractivity contribution >= 4 is 11.8 Å². The van der Waals surface area contributed by atoms with E-state index in [0.717, 1.165) is 62.4 Å². The molecule has 1 aliphatic rings. The summed E-state index contributed by atoms with van der Waals surface area (Å²) in [5.74, 6) is 1.74. The van der Waals surface area contributed by atoms with Crippen molar-refractivity contribution in [1.29, 1.82) is 0 Å². The van der Waals surface area contributed by atoms with Crippen LogP contribution < -0.4 is 10.2 Å². The smallest absolute Gasteiger partial charge is 0.227 e. The number of anilines is 2. The maximum absolute atomic E-state index is 4.63. The van der Waals surface area contributed by atoms with Gasteiger partial charge in [0.1, 0.15) is 5.82 Å². The predicted molar refractivity (Wildman–Crippen MR) is 92.7 cm³/mol. The van der Waals surface area contributed by atoms with Crippen LogP contribution in [-0.2, 0) is 6.54 Å². The zero-order valence-electron chi connectivity index (χ0n) is 13.9. The Balaban J connectivity index is 1.60. The summed E-state index contributed by atoms with van der Waals surface area (Å²) in [7, 11) is 0. The molecule has 0 aromatic carbocycles. The molecule has 0 aliphatic carbocycles. The average molecular weight is 312 g/mol. The maximum Gasteiger partial charge on any atom is 0.227 e. The van der Waals surface area contributed by atoms with E-state index in [1.165, 1.54) is 0 Å². The first-order chi connectivity index (χ1) is 11.2. The Morgan fingerprint density at radius 3 is 2.65 bits per heavy atom. The molecule has 0 spiro atoms. The van der Waals surface area contributed by atoms with E-state index in [2.05, 4.69) is 43.1 Å². The number of aryl methyl sites for hydroxylation is 1. The topological polar surface area (TPSA) is 57.2 Å². The van der Waals surface area contributed by atoms with Crippen LogP contribution in [0.3, 0.4) is 0 Å². The zero-order valence-corrected chi connectivity index (χ0v) is 13.9. The fourth-order valence-electron chi connectivity index (χ4n) is 2.79. The molecule has 6 nitrogen and oxygen atoms in total. The minimum atomic E-state index is 0.832. The number of aromatic nitrogens is 3. The van der Waals surface area contributed by atoms with Gasteiger partial charge in [0.15, 0.2) is 0 Å². The molecule has 1 saturated heterocycles. The van der Waals surface area contributed by atoms with Crippen molar-refractivity contribution in [2.75, 3.05) is 42.9 Å². The molecule has 23 heavy (non-hydrogen) atoms. The molecule has 1 N–H and O–H groups in total. The molecule has 1 aliphatic heterocycles. The highest BCUT2D eigenvalue weighted by Crippen LogP contribution is 2.16. The maximum atomic E-state index is 4.63. The van der Waals surface area contributed by atoms with E-state index in [1.54, 1.807) is 0 Å². The summed E-state index contributed by atoms with van der Waals surface area (Å²) in [5.41, 5.74) is 2.13. The first-order valence-corrected chi connectivity index (χ1v) is 8.21. The SMILES string of the molecule is CCNc1cc(C)nc(N2CCN(Cc3ccccn3)CC2)n1. The van der Waals surface area contributed by atoms with Crippen molar-refractivity contribution in [1.82, 2.24) is 19.9 Å². The second kappa shape index (κ2) is 7.37. The molecule has 2 aromatic rings. The van der Waals surface area contributed by atoms with Gasteiger partial charge in [-0.15, -0.1) is 0 Å². The highest BCUT2D eigenvalue weighted by Gasteiger charge is 2.20. The third-order valence-electron chi connectivity index (χ3n) is 3.97. The van der Waals surface area contributed by atoms with E-state index in [4.69, 9.17) is 0 Å². The Morgan fingerprint density at radius 1 is 1.13 bits per heavy atom. The molecular weight excluding hydrogens is 288 g/mol. The van der Waals surface area contributed by atoms with Crippen molar-refractivity contribution in [2.24, 2.45) is 0 Å². The van der Waals surface area contributed by atoms with Crippen LogP contribution >= 0.6 is 0 Å². The van der Waals surface area contributed by atoms with Crippen LogP contribution in [0.5, 0.6) is 0 Å². The third kappa shape index (κ3) is 4.16. The van der Waals surface area contributed by atoms with Gasteiger partial charge in [-0.1, -0.05) is 6.07 Å². The Hall–Kier alpha value is -2.21. The van der Waals surface area contributed by atoms with Crippen molar-refractivity contribution < 1.29 is 0 Å². The summed E-state index contributed by atoms with van der Waals surface area (Å²) in [6.45, 7) is 9.77. The van der Waals surface area contributed by atoms with Crippen LogP contribution in [-0.4, -0.2) is 52.6 Å². The van der Waals surface area contributed by atoms with Gasteiger partial charge in [0.2, 0.25) is 5.95 Å². The molecule has 3 heterocycles. The fraction of sp³-hybridized carbons (Fsp3) is 0.471. The molecule has 0 saturated carbocycles. The molecule has 3 rings (SSSR count). The molecule has 0 bridgehead atoms. The van der Waals surface area contributed by atoms with E-state index in [1.807, 2.05) is 31.3 Å². The summed E-state index contributed by atoms with van der Waals surface area (Å²) in [4.78, 5) is 18.3. The summed E-state index contributed by atoms with van der Waals surface area (Å²) >= 11 is 0. The first-order valence-electron chi connectivity index (χ1n) is 8.21. The Kier molecular flexibility index (Phi) is 5.02. The van der Waals surface area contributed by atoms with Crippen LogP contribution in [0.15, 0.2) is 30.5 Å². The van der Waals surface area contributed by atoms with Gasteiger partial charge in [0, 0.05) is 57.2 Å². The number of pyridine rings is 1. The lowest BCUT2D eigenvalue weighted by atomic mass is 10.3. The molecule has 0 atom stereocenters. The average Bonchev–Trinajstić information content (AvgIpc) is 2.56. The lowest BCUT2D eigenvalue weighted by molar-refractivity contribution is 0.246. The van der Waals surface area contributed by atoms with Crippen LogP contribution in [0.4, 0.5) is 11.8 Å². The number of nitrogens with zero attached hydrogens (tertiary/aromatic N) is 5. The highest BCUT2D eigenvalue weighted by atomic mass is 15.3. The molecule has 2 aromatic heterocycles. The number of rotatable bonds is 5. The third-order valence-corrected chi connectivity index (χ3v) is 3.97. The molecule has 0 unspecified atom stereocenters. The van der Waals surface area contributed by atoms with Crippen molar-refractivity contribution in [3.63, 3.8) is 0 Å². The van der Waals surface area contributed by atoms with E-state index >= 15 is 0 Å². The standard InChI is InChI=1S/C17H24N6/c1-3-18-16-12-14(2)20-17(21-16)23-10-8-22(9-11-23)13-15-6-4-5-7-19-15/h4-7,12H,3,8-11,13H2,1-2H3,(H,18,20,21). The van der Waals surface area contributed by atoms with Gasteiger partial charge < -0.3 is 10.2 Å². The molecule has 1 fully saturated rings.